The minimum absolute atomic E-state index is 0.147. The number of amides is 1. The molecule has 0 unspecified atom stereocenters. The van der Waals surface area contributed by atoms with Gasteiger partial charge >= 0.3 is 0 Å². The number of methoxy groups -OCH3 is 1. The zero-order valence-electron chi connectivity index (χ0n) is 14.4. The number of nitrogens with zero attached hydrogens (tertiary/aromatic N) is 3. The van der Waals surface area contributed by atoms with Crippen molar-refractivity contribution in [2.24, 2.45) is 5.10 Å². The van der Waals surface area contributed by atoms with Crippen LogP contribution in [0.4, 0.5) is 5.69 Å². The van der Waals surface area contributed by atoms with Gasteiger partial charge in [0.25, 0.3) is 11.6 Å². The van der Waals surface area contributed by atoms with E-state index in [9.17, 15) is 20.0 Å². The van der Waals surface area contributed by atoms with Crippen molar-refractivity contribution < 1.29 is 19.6 Å². The number of hydrogen-bond donors (Lipinski definition) is 1. The highest BCUT2D eigenvalue weighted by molar-refractivity contribution is 8.26. The Morgan fingerprint density at radius 2 is 2.00 bits per heavy atom. The molecule has 142 valence electrons. The number of nitro benzene ring substituents is 1. The molecule has 1 N–H and O–H groups in total. The van der Waals surface area contributed by atoms with Crippen LogP contribution in [0.2, 0.25) is 0 Å². The first-order valence-corrected chi connectivity index (χ1v) is 9.05. The fraction of sp³-hybridized carbons (Fsp3) is 0.0556. The second kappa shape index (κ2) is 8.19. The van der Waals surface area contributed by atoms with E-state index in [4.69, 9.17) is 17.0 Å². The smallest absolute Gasteiger partial charge is 0.286 e. The quantitative estimate of drug-likeness (QED) is 0.262. The van der Waals surface area contributed by atoms with Gasteiger partial charge in [0.15, 0.2) is 4.32 Å². The van der Waals surface area contributed by atoms with Gasteiger partial charge in [0, 0.05) is 17.7 Å². The number of non-ortho nitro benzene ring substituents is 1. The highest BCUT2D eigenvalue weighted by Gasteiger charge is 2.32. The van der Waals surface area contributed by atoms with Crippen LogP contribution in [0.25, 0.3) is 6.08 Å². The van der Waals surface area contributed by atoms with E-state index in [1.807, 2.05) is 0 Å². The van der Waals surface area contributed by atoms with E-state index in [0.29, 0.717) is 5.75 Å². The third kappa shape index (κ3) is 4.18. The van der Waals surface area contributed by atoms with E-state index < -0.39 is 10.8 Å². The van der Waals surface area contributed by atoms with Crippen LogP contribution in [0, 0.1) is 10.1 Å². The molecule has 1 fully saturated rings. The van der Waals surface area contributed by atoms with Crippen molar-refractivity contribution in [3.63, 3.8) is 0 Å². The summed E-state index contributed by atoms with van der Waals surface area (Å²) in [7, 11) is 1.56. The van der Waals surface area contributed by atoms with Gasteiger partial charge in [-0.15, -0.1) is 0 Å². The Morgan fingerprint density at radius 3 is 2.64 bits per heavy atom. The summed E-state index contributed by atoms with van der Waals surface area (Å²) in [5, 5.41) is 26.0. The maximum absolute atomic E-state index is 12.6. The fourth-order valence-electron chi connectivity index (χ4n) is 2.29. The summed E-state index contributed by atoms with van der Waals surface area (Å²) >= 11 is 6.18. The minimum atomic E-state index is -0.582. The van der Waals surface area contributed by atoms with E-state index in [1.165, 1.54) is 30.5 Å². The summed E-state index contributed by atoms with van der Waals surface area (Å²) in [5.41, 5.74) is 0.695. The van der Waals surface area contributed by atoms with Crippen molar-refractivity contribution in [2.75, 3.05) is 7.11 Å². The van der Waals surface area contributed by atoms with Gasteiger partial charge < -0.3 is 9.84 Å². The molecule has 10 heteroatoms. The Kier molecular flexibility index (Phi) is 5.71. The summed E-state index contributed by atoms with van der Waals surface area (Å²) in [5.74, 6) is 0.0331. The third-order valence-corrected chi connectivity index (χ3v) is 5.00. The SMILES string of the molecule is COc1ccc(/C=N/N2C(=O)/C(=C/c3cc([N+](=O)[O-])ccc3O)SC2=S)cc1. The molecule has 0 aliphatic carbocycles. The molecule has 1 amide bonds. The molecular weight excluding hydrogens is 402 g/mol. The molecule has 2 aromatic rings. The van der Waals surface area contributed by atoms with E-state index in [0.717, 1.165) is 22.3 Å². The number of benzene rings is 2. The van der Waals surface area contributed by atoms with E-state index in [1.54, 1.807) is 31.4 Å². The van der Waals surface area contributed by atoms with Gasteiger partial charge in [-0.05, 0) is 54.2 Å². The molecule has 0 radical (unpaired) electrons. The van der Waals surface area contributed by atoms with E-state index in [2.05, 4.69) is 5.10 Å². The first kappa shape index (κ1) is 19.5. The molecule has 0 aromatic heterocycles. The van der Waals surface area contributed by atoms with Gasteiger partial charge in [0.05, 0.1) is 23.2 Å². The van der Waals surface area contributed by atoms with E-state index >= 15 is 0 Å². The Bertz CT molecular complexity index is 1020. The van der Waals surface area contributed by atoms with Crippen LogP contribution in [-0.4, -0.2) is 38.6 Å². The van der Waals surface area contributed by atoms with Crippen LogP contribution in [0.3, 0.4) is 0 Å². The van der Waals surface area contributed by atoms with Crippen LogP contribution < -0.4 is 4.74 Å². The van der Waals surface area contributed by atoms with Crippen LogP contribution in [0.5, 0.6) is 11.5 Å². The molecule has 0 spiro atoms. The molecule has 3 rings (SSSR count). The highest BCUT2D eigenvalue weighted by atomic mass is 32.2. The van der Waals surface area contributed by atoms with Crippen molar-refractivity contribution >= 4 is 52.2 Å². The normalized spacial score (nSPS) is 15.6. The number of aromatic hydroxyl groups is 1. The number of phenols is 1. The van der Waals surface area contributed by atoms with Crippen LogP contribution in [0.1, 0.15) is 11.1 Å². The van der Waals surface area contributed by atoms with Crippen molar-refractivity contribution in [1.82, 2.24) is 5.01 Å². The number of carbonyl (C=O) groups is 1. The molecule has 0 bridgehead atoms. The highest BCUT2D eigenvalue weighted by Crippen LogP contribution is 2.35. The molecule has 1 saturated heterocycles. The largest absolute Gasteiger partial charge is 0.507 e. The first-order chi connectivity index (χ1) is 13.4. The number of carbonyl (C=O) groups excluding carboxylic acids is 1. The second-order valence-corrected chi connectivity index (χ2v) is 7.19. The number of thioether (sulfide) groups is 1. The van der Waals surface area contributed by atoms with Crippen LogP contribution in [-0.2, 0) is 4.79 Å². The summed E-state index contributed by atoms with van der Waals surface area (Å²) in [6.07, 6.45) is 2.84. The lowest BCUT2D eigenvalue weighted by molar-refractivity contribution is -0.384. The summed E-state index contributed by atoms with van der Waals surface area (Å²) in [6, 6.07) is 10.6. The van der Waals surface area contributed by atoms with Crippen molar-refractivity contribution in [3.05, 3.63) is 68.6 Å². The monoisotopic (exact) mass is 415 g/mol. The Balaban J connectivity index is 1.83. The van der Waals surface area contributed by atoms with Crippen molar-refractivity contribution in [3.8, 4) is 11.5 Å². The summed E-state index contributed by atoms with van der Waals surface area (Å²) in [4.78, 5) is 23.1. The molecule has 28 heavy (non-hydrogen) atoms. The number of hydrogen-bond acceptors (Lipinski definition) is 8. The van der Waals surface area contributed by atoms with Crippen LogP contribution >= 0.6 is 24.0 Å². The Morgan fingerprint density at radius 1 is 1.29 bits per heavy atom. The minimum Gasteiger partial charge on any atom is -0.507 e. The van der Waals surface area contributed by atoms with Gasteiger partial charge in [-0.2, -0.15) is 10.1 Å². The second-order valence-electron chi connectivity index (χ2n) is 5.51. The van der Waals surface area contributed by atoms with Gasteiger partial charge in [-0.1, -0.05) is 11.8 Å². The van der Waals surface area contributed by atoms with Gasteiger partial charge in [-0.3, -0.25) is 14.9 Å². The fourth-order valence-corrected chi connectivity index (χ4v) is 3.45. The predicted molar refractivity (Wildman–Crippen MR) is 110 cm³/mol. The molecule has 1 aliphatic rings. The number of hydrazone groups is 1. The zero-order chi connectivity index (χ0) is 20.3. The lowest BCUT2D eigenvalue weighted by atomic mass is 10.1. The molecule has 2 aromatic carbocycles. The van der Waals surface area contributed by atoms with Crippen molar-refractivity contribution in [2.45, 2.75) is 0 Å². The average molecular weight is 415 g/mol. The number of thiocarbonyl (C=S) groups is 1. The number of ether oxygens (including phenoxy) is 1. The van der Waals surface area contributed by atoms with Crippen LogP contribution in [0.15, 0.2) is 52.5 Å². The lowest BCUT2D eigenvalue weighted by Gasteiger charge is -2.06. The standard InChI is InChI=1S/C18H13N3O5S2/c1-26-14-5-2-11(3-6-14)10-19-20-17(23)16(28-18(20)27)9-12-8-13(21(24)25)4-7-15(12)22/h2-10,22H,1H3/b16-9-,19-10+. The third-order valence-electron chi connectivity index (χ3n) is 3.72. The maximum atomic E-state index is 12.6. The molecular formula is C18H13N3O5S2. The topological polar surface area (TPSA) is 105 Å². The summed E-state index contributed by atoms with van der Waals surface area (Å²) in [6.45, 7) is 0. The number of phenolic OH excluding ortho intramolecular Hbond substituents is 1. The molecule has 1 heterocycles. The molecule has 1 aliphatic heterocycles. The Hall–Kier alpha value is -3.24. The average Bonchev–Trinajstić information content (AvgIpc) is 2.95. The van der Waals surface area contributed by atoms with Gasteiger partial charge in [-0.25, -0.2) is 0 Å². The zero-order valence-corrected chi connectivity index (χ0v) is 16.1. The molecule has 0 atom stereocenters. The van der Waals surface area contributed by atoms with Crippen molar-refractivity contribution in [1.29, 1.82) is 0 Å². The first-order valence-electron chi connectivity index (χ1n) is 7.82. The molecule has 8 nitrogen and oxygen atoms in total. The number of nitro groups is 1. The van der Waals surface area contributed by atoms with Gasteiger partial charge in [0.1, 0.15) is 11.5 Å². The maximum Gasteiger partial charge on any atom is 0.286 e. The lowest BCUT2D eigenvalue weighted by Crippen LogP contribution is -2.22. The Labute approximate surface area is 169 Å². The summed E-state index contributed by atoms with van der Waals surface area (Å²) < 4.78 is 5.30. The van der Waals surface area contributed by atoms with Gasteiger partial charge in [0.2, 0.25) is 0 Å². The predicted octanol–water partition coefficient (Wildman–Crippen LogP) is 3.54. The number of rotatable bonds is 5. The van der Waals surface area contributed by atoms with E-state index in [-0.39, 0.29) is 26.2 Å². The molecule has 0 saturated carbocycles.